The molecule has 4 aromatic heterocycles. The number of rotatable bonds is 9. The summed E-state index contributed by atoms with van der Waals surface area (Å²) in [5.41, 5.74) is 4.46. The largest absolute Gasteiger partial charge is 0.512 e. The van der Waals surface area contributed by atoms with Crippen molar-refractivity contribution in [2.75, 3.05) is 0 Å². The number of carbonyl (C=O) groups is 1. The number of nitrogens with zero attached hydrogens (tertiary/aromatic N) is 2. The Bertz CT molecular complexity index is 2240. The maximum Gasteiger partial charge on any atom is 0.162 e. The van der Waals surface area contributed by atoms with Gasteiger partial charge in [0.05, 0.1) is 15.3 Å². The quantitative estimate of drug-likeness (QED) is 0.0892. The predicted molar refractivity (Wildman–Crippen MR) is 205 cm³/mol. The molecule has 0 fully saturated rings. The van der Waals surface area contributed by atoms with Gasteiger partial charge < -0.3 is 5.11 Å². The first kappa shape index (κ1) is 36.3. The van der Waals surface area contributed by atoms with Gasteiger partial charge in [-0.15, -0.1) is 57.3 Å². The summed E-state index contributed by atoms with van der Waals surface area (Å²) in [6, 6.07) is 23.3. The van der Waals surface area contributed by atoms with E-state index >= 15 is 0 Å². The molecule has 0 unspecified atom stereocenters. The Morgan fingerprint density at radius 3 is 2.10 bits per heavy atom. The Kier molecular flexibility index (Phi) is 11.9. The van der Waals surface area contributed by atoms with Crippen molar-refractivity contribution in [1.82, 2.24) is 9.97 Å². The van der Waals surface area contributed by atoms with Crippen LogP contribution in [0.5, 0.6) is 0 Å². The minimum absolute atomic E-state index is 0. The van der Waals surface area contributed by atoms with E-state index in [1.807, 2.05) is 50.4 Å². The number of hydrogen-bond acceptors (Lipinski definition) is 7. The van der Waals surface area contributed by atoms with E-state index in [2.05, 4.69) is 79.5 Å². The zero-order valence-corrected chi connectivity index (χ0v) is 33.1. The van der Waals surface area contributed by atoms with Gasteiger partial charge >= 0.3 is 0 Å². The second-order valence-electron chi connectivity index (χ2n) is 12.4. The van der Waals surface area contributed by atoms with Crippen LogP contribution < -0.4 is 0 Å². The fourth-order valence-electron chi connectivity index (χ4n) is 6.42. The summed E-state index contributed by atoms with van der Waals surface area (Å²) < 4.78 is 6.36. The van der Waals surface area contributed by atoms with Gasteiger partial charge in [-0.25, -0.2) is 4.98 Å². The van der Waals surface area contributed by atoms with Crippen molar-refractivity contribution in [3.05, 3.63) is 84.4 Å². The van der Waals surface area contributed by atoms with Crippen molar-refractivity contribution >= 4 is 89.7 Å². The molecule has 0 saturated heterocycles. The van der Waals surface area contributed by atoms with Gasteiger partial charge in [0.25, 0.3) is 0 Å². The molecular formula is C40H41IrN2O2S3-. The minimum Gasteiger partial charge on any atom is -0.512 e. The number of aromatic nitrogens is 2. The molecule has 3 aromatic carbocycles. The Morgan fingerprint density at radius 2 is 1.46 bits per heavy atom. The van der Waals surface area contributed by atoms with Gasteiger partial charge in [-0.3, -0.25) is 9.78 Å². The molecule has 0 aliphatic rings. The van der Waals surface area contributed by atoms with Crippen molar-refractivity contribution < 1.29 is 30.0 Å². The molecule has 0 spiro atoms. The van der Waals surface area contributed by atoms with E-state index in [0.29, 0.717) is 5.92 Å². The molecule has 0 saturated carbocycles. The molecule has 0 aliphatic heterocycles. The number of thiophene rings is 3. The molecule has 1 radical (unpaired) electrons. The van der Waals surface area contributed by atoms with Crippen molar-refractivity contribution in [3.8, 4) is 11.3 Å². The number of carbonyl (C=O) groups excluding carboxylic acids is 1. The van der Waals surface area contributed by atoms with Crippen LogP contribution in [0.15, 0.2) is 72.8 Å². The van der Waals surface area contributed by atoms with Crippen LogP contribution in [0.2, 0.25) is 0 Å². The minimum atomic E-state index is 0. The number of allylic oxidation sites excluding steroid dienone is 2. The summed E-state index contributed by atoms with van der Waals surface area (Å²) in [4.78, 5) is 21.1. The van der Waals surface area contributed by atoms with Crippen LogP contribution in [0.4, 0.5) is 0 Å². The zero-order chi connectivity index (χ0) is 33.2. The second kappa shape index (κ2) is 15.7. The Hall–Kier alpha value is -3.00. The molecule has 48 heavy (non-hydrogen) atoms. The molecule has 0 amide bonds. The van der Waals surface area contributed by atoms with Crippen LogP contribution in [0.1, 0.15) is 78.7 Å². The molecule has 1 N–H and O–H groups in total. The number of hydrogen-bond donors (Lipinski definition) is 1. The topological polar surface area (TPSA) is 63.1 Å². The number of aliphatic hydroxyl groups excluding tert-OH is 1. The first-order valence-corrected chi connectivity index (χ1v) is 19.1. The third-order valence-corrected chi connectivity index (χ3v) is 12.7. The molecule has 0 bridgehead atoms. The molecule has 251 valence electrons. The Balaban J connectivity index is 0.000000243. The number of ketones is 1. The summed E-state index contributed by atoms with van der Waals surface area (Å²) in [6.45, 7) is 12.6. The number of benzene rings is 3. The third-order valence-electron chi connectivity index (χ3n) is 9.19. The van der Waals surface area contributed by atoms with E-state index in [4.69, 9.17) is 4.98 Å². The van der Waals surface area contributed by atoms with Crippen LogP contribution in [-0.4, -0.2) is 20.9 Å². The molecule has 4 heterocycles. The van der Waals surface area contributed by atoms with Gasteiger partial charge in [0, 0.05) is 63.2 Å². The normalized spacial score (nSPS) is 12.1. The van der Waals surface area contributed by atoms with E-state index in [-0.39, 0.29) is 43.5 Å². The monoisotopic (exact) mass is 870 g/mol. The Morgan fingerprint density at radius 1 is 0.833 bits per heavy atom. The summed E-state index contributed by atoms with van der Waals surface area (Å²) in [6.07, 6.45) is 6.61. The van der Waals surface area contributed by atoms with E-state index in [0.717, 1.165) is 47.2 Å². The van der Waals surface area contributed by atoms with Crippen molar-refractivity contribution in [2.45, 2.75) is 73.1 Å². The summed E-state index contributed by atoms with van der Waals surface area (Å²) >= 11 is 5.52. The first-order chi connectivity index (χ1) is 22.8. The standard InChI is InChI=1S/C27H17N2S3.C13H24O2.Ir/c1-14(2)18-11-15(24-26-25(29-13-28-24)17-8-4-6-10-20(17)30-26)12-21-22(18)23-16-7-3-5-9-19(16)31-27(23)32-21;1-5-10(6-2)12(14)9-13(15)11(7-3)8-4;/h3-11,13-14H,1-2H3;9-11,14H,5-8H2,1-4H3;/q-1;;/b;12-9-;. The first-order valence-electron chi connectivity index (χ1n) is 16.7. The average molecular weight is 870 g/mol. The van der Waals surface area contributed by atoms with E-state index in [1.165, 1.54) is 51.3 Å². The SMILES string of the molecule is CC(C)c1cc(-c2ncnc3c2sc2ccccc23)[c-]c2sc3sc4ccccc4c3c12.CCC(CC)C(=O)/C=C(\O)C(CC)CC.[Ir]. The zero-order valence-electron chi connectivity index (χ0n) is 28.2. The number of fused-ring (bicyclic) bond motifs is 8. The molecular weight excluding hydrogens is 829 g/mol. The molecule has 0 aliphatic carbocycles. The maximum atomic E-state index is 11.7. The van der Waals surface area contributed by atoms with Gasteiger partial charge in [0.15, 0.2) is 5.78 Å². The van der Waals surface area contributed by atoms with Gasteiger partial charge in [0.2, 0.25) is 0 Å². The van der Waals surface area contributed by atoms with E-state index < -0.39 is 0 Å². The van der Waals surface area contributed by atoms with E-state index in [1.54, 1.807) is 17.7 Å². The summed E-state index contributed by atoms with van der Waals surface area (Å²) in [5.74, 6) is 0.952. The number of aliphatic hydroxyl groups is 1. The molecule has 8 heteroatoms. The molecule has 0 atom stereocenters. The van der Waals surface area contributed by atoms with Crippen LogP contribution in [0, 0.1) is 17.9 Å². The third kappa shape index (κ3) is 6.88. The van der Waals surface area contributed by atoms with Gasteiger partial charge in [-0.2, -0.15) is 0 Å². The van der Waals surface area contributed by atoms with Crippen molar-refractivity contribution in [3.63, 3.8) is 0 Å². The fourth-order valence-corrected chi connectivity index (χ4v) is 10.2. The van der Waals surface area contributed by atoms with Crippen molar-refractivity contribution in [2.24, 2.45) is 11.8 Å². The van der Waals surface area contributed by atoms with Gasteiger partial charge in [-0.05, 0) is 59.2 Å². The second-order valence-corrected chi connectivity index (χ2v) is 15.7. The fraction of sp³-hybridized carbons (Fsp3) is 0.325. The van der Waals surface area contributed by atoms with Gasteiger partial charge in [-0.1, -0.05) is 83.3 Å². The molecule has 4 nitrogen and oxygen atoms in total. The summed E-state index contributed by atoms with van der Waals surface area (Å²) in [7, 11) is 0. The van der Waals surface area contributed by atoms with Crippen LogP contribution in [0.25, 0.3) is 61.1 Å². The van der Waals surface area contributed by atoms with Crippen LogP contribution >= 0.6 is 34.0 Å². The van der Waals surface area contributed by atoms with Crippen molar-refractivity contribution in [1.29, 1.82) is 0 Å². The van der Waals surface area contributed by atoms with Gasteiger partial charge in [0.1, 0.15) is 6.33 Å². The van der Waals surface area contributed by atoms with Crippen LogP contribution in [-0.2, 0) is 24.9 Å². The smallest absolute Gasteiger partial charge is 0.162 e. The predicted octanol–water partition coefficient (Wildman–Crippen LogP) is 12.9. The Labute approximate surface area is 308 Å². The summed E-state index contributed by atoms with van der Waals surface area (Å²) in [5, 5.41) is 15.1. The average Bonchev–Trinajstić information content (AvgIpc) is 3.75. The maximum absolute atomic E-state index is 11.7. The van der Waals surface area contributed by atoms with E-state index in [9.17, 15) is 9.90 Å². The van der Waals surface area contributed by atoms with Crippen LogP contribution in [0.3, 0.4) is 0 Å². The molecule has 7 aromatic rings. The molecule has 7 rings (SSSR count).